The molecule has 2 heterocycles. The number of carbonyl (C=O) groups excluding carboxylic acids is 2. The molecule has 7 heteroatoms. The first kappa shape index (κ1) is 23.6. The molecular formula is C27H31ClN3O2S+. The number of nitrogens with zero attached hydrogens (tertiary/aromatic N) is 3. The Hall–Kier alpha value is -2.15. The predicted molar refractivity (Wildman–Crippen MR) is 139 cm³/mol. The molecule has 0 bridgehead atoms. The highest BCUT2D eigenvalue weighted by Crippen LogP contribution is 2.33. The number of allylic oxidation sites excluding steroid dienone is 3. The van der Waals surface area contributed by atoms with Gasteiger partial charge in [-0.1, -0.05) is 73.0 Å². The number of piperazine rings is 1. The molecule has 2 aliphatic heterocycles. The van der Waals surface area contributed by atoms with Crippen LogP contribution in [0.5, 0.6) is 0 Å². The molecule has 4 aliphatic rings. The number of halogens is 1. The highest BCUT2D eigenvalue weighted by molar-refractivity contribution is 8.05. The van der Waals surface area contributed by atoms with Crippen molar-refractivity contribution in [1.82, 2.24) is 9.80 Å². The fourth-order valence-corrected chi connectivity index (χ4v) is 6.70. The smallest absolute Gasteiger partial charge is 0.335 e. The van der Waals surface area contributed by atoms with E-state index in [-0.39, 0.29) is 23.6 Å². The van der Waals surface area contributed by atoms with E-state index in [1.54, 1.807) is 4.58 Å². The molecule has 2 amide bonds. The van der Waals surface area contributed by atoms with Gasteiger partial charge in [0.25, 0.3) is 5.91 Å². The minimum absolute atomic E-state index is 0.0177. The Labute approximate surface area is 210 Å². The first-order valence-corrected chi connectivity index (χ1v) is 13.5. The maximum Gasteiger partial charge on any atom is 0.426 e. The van der Waals surface area contributed by atoms with E-state index < -0.39 is 0 Å². The molecule has 0 aromatic heterocycles. The van der Waals surface area contributed by atoms with Crippen LogP contribution in [0.3, 0.4) is 0 Å². The van der Waals surface area contributed by atoms with Crippen molar-refractivity contribution in [2.75, 3.05) is 32.7 Å². The second kappa shape index (κ2) is 10.6. The van der Waals surface area contributed by atoms with Crippen LogP contribution in [-0.4, -0.2) is 75.9 Å². The number of fused-ring (bicyclic) bond motifs is 1. The summed E-state index contributed by atoms with van der Waals surface area (Å²) in [6.07, 6.45) is 16.4. The van der Waals surface area contributed by atoms with Gasteiger partial charge in [0.2, 0.25) is 12.3 Å². The van der Waals surface area contributed by atoms with E-state index in [2.05, 4.69) is 11.0 Å². The summed E-state index contributed by atoms with van der Waals surface area (Å²) in [5.41, 5.74) is 1.77. The van der Waals surface area contributed by atoms with Crippen LogP contribution in [0.15, 0.2) is 53.5 Å². The summed E-state index contributed by atoms with van der Waals surface area (Å²) < 4.78 is 1.67. The largest absolute Gasteiger partial charge is 0.426 e. The van der Waals surface area contributed by atoms with Crippen LogP contribution in [0.1, 0.15) is 37.7 Å². The van der Waals surface area contributed by atoms with Gasteiger partial charge in [0.15, 0.2) is 0 Å². The average molecular weight is 497 g/mol. The van der Waals surface area contributed by atoms with Crippen LogP contribution in [0.25, 0.3) is 6.08 Å². The fourth-order valence-electron chi connectivity index (χ4n) is 5.32. The molecule has 0 N–H and O–H groups in total. The number of carbonyl (C=O) groups is 2. The summed E-state index contributed by atoms with van der Waals surface area (Å²) in [6.45, 7) is 3.43. The standard InChI is InChI=1S/C27H31ClN3O2S/c28-21-8-6-7-20(17-21)18-25-27(33)31(23-11-4-5-12-24(23)34-25)19-26(32)30-15-13-29(14-16-30)22-9-2-1-3-10-22/h4-8,11-12,17-18,22,24H,1-3,9-10,13-16,19H2/q+1/b25-18-. The van der Waals surface area contributed by atoms with E-state index in [9.17, 15) is 9.59 Å². The molecule has 2 fully saturated rings. The van der Waals surface area contributed by atoms with E-state index in [0.29, 0.717) is 16.0 Å². The molecule has 34 heavy (non-hydrogen) atoms. The van der Waals surface area contributed by atoms with Crippen LogP contribution < -0.4 is 0 Å². The van der Waals surface area contributed by atoms with Gasteiger partial charge in [-0.15, -0.1) is 4.58 Å². The monoisotopic (exact) mass is 496 g/mol. The molecule has 2 aliphatic carbocycles. The summed E-state index contributed by atoms with van der Waals surface area (Å²) >= 11 is 7.67. The number of hydrogen-bond acceptors (Lipinski definition) is 4. The third-order valence-corrected chi connectivity index (χ3v) is 8.61. The molecule has 0 spiro atoms. The fraction of sp³-hybridized carbons (Fsp3) is 0.444. The Morgan fingerprint density at radius 1 is 1.12 bits per heavy atom. The maximum atomic E-state index is 13.5. The zero-order valence-electron chi connectivity index (χ0n) is 19.4. The summed E-state index contributed by atoms with van der Waals surface area (Å²) in [5.74, 6) is -0.0924. The predicted octanol–water partition coefficient (Wildman–Crippen LogP) is 4.38. The first-order chi connectivity index (χ1) is 16.6. The number of hydrogen-bond donors (Lipinski definition) is 0. The number of rotatable bonds is 4. The number of benzene rings is 1. The quantitative estimate of drug-likeness (QED) is 0.458. The SMILES string of the molecule is O=C(C[N+]1=C2C=CC=CC2S/C(=C\c2cccc(Cl)c2)C1=O)N1CCN(C2CCCCC2)CC1. The van der Waals surface area contributed by atoms with Crippen LogP contribution in [-0.2, 0) is 9.59 Å². The molecule has 1 unspecified atom stereocenters. The average Bonchev–Trinajstić information content (AvgIpc) is 2.87. The van der Waals surface area contributed by atoms with E-state index in [4.69, 9.17) is 11.6 Å². The molecule has 1 atom stereocenters. The zero-order chi connectivity index (χ0) is 23.5. The van der Waals surface area contributed by atoms with Gasteiger partial charge < -0.3 is 4.90 Å². The highest BCUT2D eigenvalue weighted by atomic mass is 35.5. The van der Waals surface area contributed by atoms with E-state index in [1.165, 1.54) is 43.9 Å². The lowest BCUT2D eigenvalue weighted by Crippen LogP contribution is -2.54. The minimum atomic E-state index is -0.120. The first-order valence-electron chi connectivity index (χ1n) is 12.3. The van der Waals surface area contributed by atoms with Crippen molar-refractivity contribution in [3.05, 3.63) is 64.1 Å². The molecule has 178 valence electrons. The van der Waals surface area contributed by atoms with Crippen molar-refractivity contribution in [2.24, 2.45) is 0 Å². The molecule has 1 saturated heterocycles. The molecule has 1 saturated carbocycles. The molecule has 1 aromatic carbocycles. The Morgan fingerprint density at radius 3 is 2.68 bits per heavy atom. The van der Waals surface area contributed by atoms with Crippen molar-refractivity contribution < 1.29 is 14.2 Å². The lowest BCUT2D eigenvalue weighted by Gasteiger charge is -2.40. The zero-order valence-corrected chi connectivity index (χ0v) is 20.9. The lowest BCUT2D eigenvalue weighted by molar-refractivity contribution is -0.435. The molecule has 5 nitrogen and oxygen atoms in total. The second-order valence-corrected chi connectivity index (χ2v) is 11.0. The van der Waals surface area contributed by atoms with Crippen molar-refractivity contribution in [1.29, 1.82) is 0 Å². The van der Waals surface area contributed by atoms with Gasteiger partial charge in [-0.2, -0.15) is 0 Å². The van der Waals surface area contributed by atoms with Gasteiger partial charge in [-0.05, 0) is 36.6 Å². The van der Waals surface area contributed by atoms with Crippen LogP contribution in [0.2, 0.25) is 5.02 Å². The third-order valence-electron chi connectivity index (χ3n) is 7.17. The highest BCUT2D eigenvalue weighted by Gasteiger charge is 2.40. The Balaban J connectivity index is 1.31. The second-order valence-electron chi connectivity index (χ2n) is 9.37. The van der Waals surface area contributed by atoms with Gasteiger partial charge in [-0.3, -0.25) is 9.69 Å². The molecular weight excluding hydrogens is 466 g/mol. The van der Waals surface area contributed by atoms with Gasteiger partial charge in [-0.25, -0.2) is 4.79 Å². The molecule has 5 rings (SSSR count). The Morgan fingerprint density at radius 2 is 1.91 bits per heavy atom. The van der Waals surface area contributed by atoms with E-state index in [1.807, 2.05) is 53.5 Å². The van der Waals surface area contributed by atoms with Crippen molar-refractivity contribution in [3.8, 4) is 0 Å². The molecule has 0 radical (unpaired) electrons. The third kappa shape index (κ3) is 5.24. The van der Waals surface area contributed by atoms with E-state index in [0.717, 1.165) is 37.5 Å². The summed E-state index contributed by atoms with van der Waals surface area (Å²) in [7, 11) is 0. The Bertz CT molecular complexity index is 1080. The van der Waals surface area contributed by atoms with Crippen molar-refractivity contribution in [3.63, 3.8) is 0 Å². The topological polar surface area (TPSA) is 43.6 Å². The lowest BCUT2D eigenvalue weighted by atomic mass is 9.94. The van der Waals surface area contributed by atoms with Gasteiger partial charge in [0.05, 0.1) is 0 Å². The molecule has 1 aromatic rings. The van der Waals surface area contributed by atoms with Gasteiger partial charge in [0.1, 0.15) is 10.2 Å². The summed E-state index contributed by atoms with van der Waals surface area (Å²) in [4.78, 5) is 31.9. The van der Waals surface area contributed by atoms with Crippen LogP contribution in [0, 0.1) is 0 Å². The summed E-state index contributed by atoms with van der Waals surface area (Å²) in [6, 6.07) is 8.16. The van der Waals surface area contributed by atoms with Gasteiger partial charge >= 0.3 is 5.91 Å². The maximum absolute atomic E-state index is 13.5. The van der Waals surface area contributed by atoms with Crippen molar-refractivity contribution in [2.45, 2.75) is 43.4 Å². The van der Waals surface area contributed by atoms with Gasteiger partial charge in [0, 0.05) is 43.3 Å². The summed E-state index contributed by atoms with van der Waals surface area (Å²) in [5, 5.41) is 0.652. The Kier molecular flexibility index (Phi) is 7.37. The minimum Gasteiger partial charge on any atom is -0.335 e. The number of amides is 2. The number of thioether (sulfide) groups is 1. The van der Waals surface area contributed by atoms with Crippen LogP contribution >= 0.6 is 23.4 Å². The normalized spacial score (nSPS) is 25.2. The van der Waals surface area contributed by atoms with Crippen molar-refractivity contribution >= 4 is 47.0 Å². The van der Waals surface area contributed by atoms with Crippen LogP contribution in [0.4, 0.5) is 0 Å². The van der Waals surface area contributed by atoms with E-state index >= 15 is 0 Å².